The number of nitrogens with one attached hydrogen (secondary N) is 1. The molecule has 1 spiro atoms. The molecular weight excluding hydrogens is 254 g/mol. The van der Waals surface area contributed by atoms with E-state index in [2.05, 4.69) is 10.3 Å². The second-order valence-corrected chi connectivity index (χ2v) is 5.52. The molecule has 0 aromatic carbocycles. The first-order valence-corrected chi connectivity index (χ1v) is 6.56. The summed E-state index contributed by atoms with van der Waals surface area (Å²) in [6.07, 6.45) is 3.53. The van der Waals surface area contributed by atoms with E-state index in [-0.39, 0.29) is 12.5 Å². The number of thiazole rings is 1. The van der Waals surface area contributed by atoms with Gasteiger partial charge >= 0.3 is 6.03 Å². The van der Waals surface area contributed by atoms with Gasteiger partial charge < -0.3 is 0 Å². The number of rotatable bonds is 2. The standard InChI is InChI=1S/C11H11N3O3S/c15-8-11(2-1-3-11)9(16)14(10(17)13-8)5-7-4-12-6-18-7/h4,6H,1-3,5H2,(H,13,15,17). The third-order valence-corrected chi connectivity index (χ3v) is 4.32. The number of carbonyl (C=O) groups is 3. The number of carbonyl (C=O) groups excluding carboxylic acids is 3. The van der Waals surface area contributed by atoms with Crippen LogP contribution >= 0.6 is 11.3 Å². The molecule has 1 aliphatic heterocycles. The Balaban J connectivity index is 1.87. The molecule has 2 aliphatic rings. The van der Waals surface area contributed by atoms with Gasteiger partial charge in [-0.1, -0.05) is 6.42 Å². The molecule has 1 aromatic heterocycles. The highest BCUT2D eigenvalue weighted by Gasteiger charge is 2.57. The number of hydrogen-bond donors (Lipinski definition) is 1. The second-order valence-electron chi connectivity index (χ2n) is 4.55. The first kappa shape index (κ1) is 11.3. The van der Waals surface area contributed by atoms with Gasteiger partial charge in [0.25, 0.3) is 0 Å². The molecule has 0 unspecified atom stereocenters. The zero-order valence-corrected chi connectivity index (χ0v) is 10.3. The maximum absolute atomic E-state index is 12.3. The van der Waals surface area contributed by atoms with Crippen LogP contribution in [0.3, 0.4) is 0 Å². The van der Waals surface area contributed by atoms with E-state index in [1.165, 1.54) is 11.3 Å². The molecule has 1 N–H and O–H groups in total. The van der Waals surface area contributed by atoms with E-state index in [4.69, 9.17) is 0 Å². The molecule has 2 fully saturated rings. The summed E-state index contributed by atoms with van der Waals surface area (Å²) >= 11 is 1.38. The molecule has 1 saturated carbocycles. The van der Waals surface area contributed by atoms with Gasteiger partial charge in [0.05, 0.1) is 12.1 Å². The van der Waals surface area contributed by atoms with Crippen LogP contribution in [0.4, 0.5) is 4.79 Å². The first-order chi connectivity index (χ1) is 8.63. The molecule has 94 valence electrons. The van der Waals surface area contributed by atoms with Crippen LogP contribution in [0.5, 0.6) is 0 Å². The molecule has 6 nitrogen and oxygen atoms in total. The summed E-state index contributed by atoms with van der Waals surface area (Å²) in [5, 5.41) is 2.28. The van der Waals surface area contributed by atoms with E-state index in [1.54, 1.807) is 11.7 Å². The second kappa shape index (κ2) is 3.88. The Labute approximate surface area is 107 Å². The Morgan fingerprint density at radius 1 is 1.39 bits per heavy atom. The SMILES string of the molecule is O=C1NC(=O)C2(CCC2)C(=O)N1Cc1cncs1. The van der Waals surface area contributed by atoms with Crippen molar-refractivity contribution in [3.05, 3.63) is 16.6 Å². The molecule has 7 heteroatoms. The van der Waals surface area contributed by atoms with Crippen LogP contribution in [0.15, 0.2) is 11.7 Å². The van der Waals surface area contributed by atoms with E-state index in [9.17, 15) is 14.4 Å². The number of amides is 4. The Morgan fingerprint density at radius 2 is 2.17 bits per heavy atom. The van der Waals surface area contributed by atoms with Crippen molar-refractivity contribution < 1.29 is 14.4 Å². The maximum Gasteiger partial charge on any atom is 0.331 e. The summed E-state index contributed by atoms with van der Waals surface area (Å²) in [5.41, 5.74) is 0.657. The van der Waals surface area contributed by atoms with Gasteiger partial charge in [-0.25, -0.2) is 4.79 Å². The van der Waals surface area contributed by atoms with Crippen molar-refractivity contribution in [2.24, 2.45) is 5.41 Å². The molecular formula is C11H11N3O3S. The van der Waals surface area contributed by atoms with Gasteiger partial charge in [-0.3, -0.25) is 24.8 Å². The lowest BCUT2D eigenvalue weighted by Gasteiger charge is -2.44. The third kappa shape index (κ3) is 1.47. The van der Waals surface area contributed by atoms with E-state index < -0.39 is 17.4 Å². The van der Waals surface area contributed by atoms with Crippen molar-refractivity contribution in [3.63, 3.8) is 0 Å². The summed E-state index contributed by atoms with van der Waals surface area (Å²) in [6.45, 7) is 0.185. The van der Waals surface area contributed by atoms with Gasteiger partial charge in [-0.05, 0) is 12.8 Å². The molecule has 18 heavy (non-hydrogen) atoms. The fourth-order valence-electron chi connectivity index (χ4n) is 2.32. The highest BCUT2D eigenvalue weighted by molar-refractivity contribution is 7.09. The molecule has 1 aliphatic carbocycles. The van der Waals surface area contributed by atoms with Crippen LogP contribution < -0.4 is 5.32 Å². The summed E-state index contributed by atoms with van der Waals surface area (Å²) in [4.78, 5) is 41.7. The smallest absolute Gasteiger partial charge is 0.277 e. The minimum Gasteiger partial charge on any atom is -0.277 e. The third-order valence-electron chi connectivity index (χ3n) is 3.56. The quantitative estimate of drug-likeness (QED) is 0.805. The van der Waals surface area contributed by atoms with Crippen molar-refractivity contribution in [1.82, 2.24) is 15.2 Å². The van der Waals surface area contributed by atoms with Crippen LogP contribution in [-0.2, 0) is 16.1 Å². The van der Waals surface area contributed by atoms with Crippen molar-refractivity contribution in [2.45, 2.75) is 25.8 Å². The predicted molar refractivity (Wildman–Crippen MR) is 62.5 cm³/mol. The zero-order chi connectivity index (χ0) is 12.8. The summed E-state index contributed by atoms with van der Waals surface area (Å²) in [5.74, 6) is -0.805. The number of hydrogen-bond acceptors (Lipinski definition) is 5. The molecule has 4 amide bonds. The maximum atomic E-state index is 12.3. The van der Waals surface area contributed by atoms with Gasteiger partial charge in [0.1, 0.15) is 5.41 Å². The summed E-state index contributed by atoms with van der Waals surface area (Å²) in [6, 6.07) is -0.629. The molecule has 3 rings (SSSR count). The highest BCUT2D eigenvalue weighted by atomic mass is 32.1. The van der Waals surface area contributed by atoms with Gasteiger partial charge in [-0.15, -0.1) is 11.3 Å². The number of aromatic nitrogens is 1. The van der Waals surface area contributed by atoms with Crippen LogP contribution in [0, 0.1) is 5.41 Å². The van der Waals surface area contributed by atoms with Crippen molar-refractivity contribution in [1.29, 1.82) is 0 Å². The van der Waals surface area contributed by atoms with Crippen molar-refractivity contribution >= 4 is 29.2 Å². The van der Waals surface area contributed by atoms with E-state index in [0.717, 1.165) is 16.2 Å². The van der Waals surface area contributed by atoms with Gasteiger partial charge in [-0.2, -0.15) is 0 Å². The molecule has 0 bridgehead atoms. The van der Waals surface area contributed by atoms with Gasteiger partial charge in [0.2, 0.25) is 11.8 Å². The number of barbiturate groups is 1. The van der Waals surface area contributed by atoms with E-state index >= 15 is 0 Å². The van der Waals surface area contributed by atoms with Crippen LogP contribution in [0.1, 0.15) is 24.1 Å². The number of imide groups is 2. The Bertz CT molecular complexity index is 522. The van der Waals surface area contributed by atoms with Crippen molar-refractivity contribution in [2.75, 3.05) is 0 Å². The fraction of sp³-hybridized carbons (Fsp3) is 0.455. The lowest BCUT2D eigenvalue weighted by Crippen LogP contribution is -2.65. The lowest BCUT2D eigenvalue weighted by molar-refractivity contribution is -0.158. The lowest BCUT2D eigenvalue weighted by atomic mass is 9.66. The van der Waals surface area contributed by atoms with E-state index in [0.29, 0.717) is 12.8 Å². The molecule has 0 radical (unpaired) electrons. The average molecular weight is 265 g/mol. The van der Waals surface area contributed by atoms with Gasteiger partial charge in [0.15, 0.2) is 0 Å². The fourth-order valence-corrected chi connectivity index (χ4v) is 2.91. The number of urea groups is 1. The zero-order valence-electron chi connectivity index (χ0n) is 9.51. The number of nitrogens with zero attached hydrogens (tertiary/aromatic N) is 2. The minimum absolute atomic E-state index is 0.185. The Kier molecular flexibility index (Phi) is 2.44. The molecule has 2 heterocycles. The van der Waals surface area contributed by atoms with Crippen molar-refractivity contribution in [3.8, 4) is 0 Å². The van der Waals surface area contributed by atoms with E-state index in [1.807, 2.05) is 0 Å². The molecule has 1 aromatic rings. The van der Waals surface area contributed by atoms with Crippen LogP contribution in [0.2, 0.25) is 0 Å². The van der Waals surface area contributed by atoms with Gasteiger partial charge in [0, 0.05) is 11.1 Å². The first-order valence-electron chi connectivity index (χ1n) is 5.68. The predicted octanol–water partition coefficient (Wildman–Crippen LogP) is 0.892. The normalized spacial score (nSPS) is 22.0. The van der Waals surface area contributed by atoms with Crippen LogP contribution in [-0.4, -0.2) is 27.7 Å². The minimum atomic E-state index is -0.988. The summed E-state index contributed by atoms with van der Waals surface area (Å²) < 4.78 is 0. The van der Waals surface area contributed by atoms with Crippen LogP contribution in [0.25, 0.3) is 0 Å². The molecule has 1 saturated heterocycles. The monoisotopic (exact) mass is 265 g/mol. The topological polar surface area (TPSA) is 79.4 Å². The Hall–Kier alpha value is -1.76. The Morgan fingerprint density at radius 3 is 2.72 bits per heavy atom. The molecule has 0 atom stereocenters. The summed E-state index contributed by atoms with van der Waals surface area (Å²) in [7, 11) is 0. The highest BCUT2D eigenvalue weighted by Crippen LogP contribution is 2.44. The largest absolute Gasteiger partial charge is 0.331 e. The average Bonchev–Trinajstić information content (AvgIpc) is 2.74.